The number of carbonyl (C=O) groups excluding carboxylic acids is 1. The first-order chi connectivity index (χ1) is 8.34. The Labute approximate surface area is 100.0 Å². The number of rotatable bonds is 0. The predicted molar refractivity (Wildman–Crippen MR) is 55.0 cm³/mol. The summed E-state index contributed by atoms with van der Waals surface area (Å²) in [5.74, 6) is -0.441. The van der Waals surface area contributed by atoms with Gasteiger partial charge < -0.3 is 5.32 Å². The lowest BCUT2D eigenvalue weighted by Crippen LogP contribution is -2.40. The summed E-state index contributed by atoms with van der Waals surface area (Å²) in [6.07, 6.45) is -5.49. The van der Waals surface area contributed by atoms with Gasteiger partial charge in [0.1, 0.15) is 6.17 Å². The number of alkyl halides is 4. The lowest BCUT2D eigenvalue weighted by atomic mass is 9.86. The fourth-order valence-corrected chi connectivity index (χ4v) is 2.48. The van der Waals surface area contributed by atoms with Crippen molar-refractivity contribution in [3.63, 3.8) is 0 Å². The molecule has 1 heterocycles. The Morgan fingerprint density at radius 1 is 1.33 bits per heavy atom. The molecule has 0 saturated heterocycles. The predicted octanol–water partition coefficient (Wildman–Crippen LogP) is 2.43. The van der Waals surface area contributed by atoms with Crippen LogP contribution in [-0.4, -0.2) is 18.6 Å². The van der Waals surface area contributed by atoms with Crippen LogP contribution in [0.3, 0.4) is 0 Å². The molecule has 1 aliphatic carbocycles. The molecule has 1 saturated carbocycles. The topological polar surface area (TPSA) is 29.1 Å². The van der Waals surface area contributed by atoms with Crippen molar-refractivity contribution in [1.29, 1.82) is 0 Å². The first kappa shape index (κ1) is 11.5. The monoisotopic (exact) mass is 259 g/mol. The summed E-state index contributed by atoms with van der Waals surface area (Å²) in [7, 11) is 0. The normalized spacial score (nSPS) is 30.0. The van der Waals surface area contributed by atoms with E-state index in [1.165, 1.54) is 0 Å². The van der Waals surface area contributed by atoms with E-state index in [2.05, 4.69) is 5.32 Å². The van der Waals surface area contributed by atoms with Gasteiger partial charge in [0.15, 0.2) is 0 Å². The third-order valence-electron chi connectivity index (χ3n) is 3.68. The molecule has 0 aromatic heterocycles. The molecule has 18 heavy (non-hydrogen) atoms. The zero-order valence-corrected chi connectivity index (χ0v) is 9.14. The van der Waals surface area contributed by atoms with Crippen LogP contribution in [0.1, 0.15) is 27.9 Å². The second-order valence-corrected chi connectivity index (χ2v) is 4.77. The average Bonchev–Trinajstić information content (AvgIpc) is 2.95. The highest BCUT2D eigenvalue weighted by atomic mass is 19.4. The molecule has 1 aromatic rings. The first-order valence-corrected chi connectivity index (χ1v) is 5.48. The van der Waals surface area contributed by atoms with Crippen molar-refractivity contribution in [2.75, 3.05) is 6.54 Å². The van der Waals surface area contributed by atoms with Gasteiger partial charge >= 0.3 is 6.18 Å². The van der Waals surface area contributed by atoms with Crippen molar-refractivity contribution in [2.45, 2.75) is 24.2 Å². The Hall–Kier alpha value is -1.59. The molecule has 0 radical (unpaired) electrons. The minimum absolute atomic E-state index is 0.0707. The molecule has 2 aliphatic rings. The number of benzene rings is 1. The number of fused-ring (bicyclic) bond motifs is 2. The van der Waals surface area contributed by atoms with Crippen LogP contribution in [0.15, 0.2) is 18.2 Å². The Morgan fingerprint density at radius 3 is 2.56 bits per heavy atom. The fourth-order valence-electron chi connectivity index (χ4n) is 2.48. The van der Waals surface area contributed by atoms with Gasteiger partial charge in [0.25, 0.3) is 5.91 Å². The van der Waals surface area contributed by atoms with E-state index in [9.17, 15) is 22.4 Å². The van der Waals surface area contributed by atoms with Crippen LogP contribution in [0.25, 0.3) is 0 Å². The number of amides is 1. The first-order valence-electron chi connectivity index (χ1n) is 5.48. The van der Waals surface area contributed by atoms with Crippen molar-refractivity contribution in [1.82, 2.24) is 5.32 Å². The third kappa shape index (κ3) is 1.44. The number of nitrogens with one attached hydrogen (secondary N) is 1. The maximum absolute atomic E-state index is 13.5. The van der Waals surface area contributed by atoms with Gasteiger partial charge in [-0.3, -0.25) is 4.79 Å². The Balaban J connectivity index is 2.15. The van der Waals surface area contributed by atoms with E-state index < -0.39 is 29.2 Å². The highest BCUT2D eigenvalue weighted by Crippen LogP contribution is 2.53. The highest BCUT2D eigenvalue weighted by Gasteiger charge is 2.59. The van der Waals surface area contributed by atoms with Crippen LogP contribution >= 0.6 is 0 Å². The Morgan fingerprint density at radius 2 is 2.00 bits per heavy atom. The molecule has 1 spiro atoms. The lowest BCUT2D eigenvalue weighted by Gasteiger charge is -2.26. The van der Waals surface area contributed by atoms with E-state index in [0.717, 1.165) is 18.2 Å². The van der Waals surface area contributed by atoms with Gasteiger partial charge in [-0.25, -0.2) is 4.39 Å². The average molecular weight is 259 g/mol. The molecule has 1 amide bonds. The minimum atomic E-state index is -4.48. The van der Waals surface area contributed by atoms with E-state index in [1.54, 1.807) is 0 Å². The molecule has 1 fully saturated rings. The Bertz CT molecular complexity index is 539. The minimum Gasteiger partial charge on any atom is -0.351 e. The molecular formula is C12H9F4NO. The van der Waals surface area contributed by atoms with E-state index >= 15 is 0 Å². The van der Waals surface area contributed by atoms with Crippen molar-refractivity contribution in [2.24, 2.45) is 0 Å². The van der Waals surface area contributed by atoms with Crippen LogP contribution in [0, 0.1) is 0 Å². The molecule has 2 atom stereocenters. The standard InChI is InChI=1S/C12H9F4NO/c13-9-4-11(9)5-17-10(18)7-2-1-6(3-8(7)11)12(14,15)16/h1-3,9H,4-5H2,(H,17,18)/t9?,11-/m1/s1. The van der Waals surface area contributed by atoms with Crippen LogP contribution < -0.4 is 5.32 Å². The maximum atomic E-state index is 13.5. The zero-order chi connectivity index (χ0) is 13.1. The summed E-state index contributed by atoms with van der Waals surface area (Å²) < 4.78 is 51.3. The number of carbonyl (C=O) groups is 1. The van der Waals surface area contributed by atoms with Crippen molar-refractivity contribution < 1.29 is 22.4 Å². The van der Waals surface area contributed by atoms with Gasteiger partial charge in [0.05, 0.1) is 5.56 Å². The van der Waals surface area contributed by atoms with E-state index in [0.29, 0.717) is 0 Å². The van der Waals surface area contributed by atoms with E-state index in [1.807, 2.05) is 0 Å². The SMILES string of the molecule is O=C1NC[C@]2(CC2F)c2cc(C(F)(F)F)ccc21. The molecule has 6 heteroatoms. The van der Waals surface area contributed by atoms with Crippen molar-refractivity contribution in [3.8, 4) is 0 Å². The van der Waals surface area contributed by atoms with Gasteiger partial charge in [-0.05, 0) is 30.2 Å². The van der Waals surface area contributed by atoms with Gasteiger partial charge in [-0.1, -0.05) is 0 Å². The van der Waals surface area contributed by atoms with Gasteiger partial charge in [0.2, 0.25) is 0 Å². The van der Waals surface area contributed by atoms with E-state index in [4.69, 9.17) is 0 Å². The molecule has 1 aromatic carbocycles. The molecule has 1 N–H and O–H groups in total. The number of hydrogen-bond acceptors (Lipinski definition) is 1. The van der Waals surface area contributed by atoms with Crippen molar-refractivity contribution in [3.05, 3.63) is 34.9 Å². The number of hydrogen-bond donors (Lipinski definition) is 1. The highest BCUT2D eigenvalue weighted by molar-refractivity contribution is 5.98. The summed E-state index contributed by atoms with van der Waals surface area (Å²) in [5.41, 5.74) is -1.44. The van der Waals surface area contributed by atoms with Gasteiger partial charge in [-0.2, -0.15) is 13.2 Å². The fraction of sp³-hybridized carbons (Fsp3) is 0.417. The summed E-state index contributed by atoms with van der Waals surface area (Å²) in [5, 5.41) is 2.52. The Kier molecular flexibility index (Phi) is 2.07. The molecule has 1 aliphatic heterocycles. The molecule has 3 rings (SSSR count). The molecule has 0 bridgehead atoms. The lowest BCUT2D eigenvalue weighted by molar-refractivity contribution is -0.137. The molecule has 2 nitrogen and oxygen atoms in total. The van der Waals surface area contributed by atoms with Gasteiger partial charge in [-0.15, -0.1) is 0 Å². The van der Waals surface area contributed by atoms with Crippen LogP contribution in [0.4, 0.5) is 17.6 Å². The largest absolute Gasteiger partial charge is 0.416 e. The third-order valence-corrected chi connectivity index (χ3v) is 3.68. The van der Waals surface area contributed by atoms with Crippen LogP contribution in [-0.2, 0) is 11.6 Å². The number of halogens is 4. The summed E-state index contributed by atoms with van der Waals surface area (Å²) in [6, 6.07) is 2.89. The van der Waals surface area contributed by atoms with Crippen LogP contribution in [0.5, 0.6) is 0 Å². The summed E-state index contributed by atoms with van der Waals surface area (Å²) in [6.45, 7) is 0.0707. The second kappa shape index (κ2) is 3.24. The quantitative estimate of drug-likeness (QED) is 0.712. The zero-order valence-electron chi connectivity index (χ0n) is 9.14. The summed E-state index contributed by atoms with van der Waals surface area (Å²) in [4.78, 5) is 11.6. The summed E-state index contributed by atoms with van der Waals surface area (Å²) >= 11 is 0. The van der Waals surface area contributed by atoms with Crippen molar-refractivity contribution >= 4 is 5.91 Å². The van der Waals surface area contributed by atoms with Gasteiger partial charge in [0, 0.05) is 17.5 Å². The maximum Gasteiger partial charge on any atom is 0.416 e. The second-order valence-electron chi connectivity index (χ2n) is 4.77. The molecular weight excluding hydrogens is 250 g/mol. The van der Waals surface area contributed by atoms with E-state index in [-0.39, 0.29) is 24.1 Å². The smallest absolute Gasteiger partial charge is 0.351 e. The van der Waals surface area contributed by atoms with Crippen LogP contribution in [0.2, 0.25) is 0 Å². The molecule has 96 valence electrons. The molecule has 1 unspecified atom stereocenters.